The molecule has 0 saturated carbocycles. The molecule has 1 aromatic carbocycles. The number of nitrogens with one attached hydrogen (secondary N) is 1. The minimum atomic E-state index is -0.00168. The highest BCUT2D eigenvalue weighted by Gasteiger charge is 2.21. The Kier molecular flexibility index (Phi) is 5.17. The van der Waals surface area contributed by atoms with Gasteiger partial charge in [0.05, 0.1) is 0 Å². The highest BCUT2D eigenvalue weighted by molar-refractivity contribution is 7.09. The minimum Gasteiger partial charge on any atom is -0.352 e. The monoisotopic (exact) mass is 378 g/mol. The molecule has 1 atom stereocenters. The summed E-state index contributed by atoms with van der Waals surface area (Å²) in [6, 6.07) is 14.5. The Labute approximate surface area is 165 Å². The average molecular weight is 379 g/mol. The molecule has 0 bridgehead atoms. The summed E-state index contributed by atoms with van der Waals surface area (Å²) in [5.74, 6) is 0.770. The molecule has 4 rings (SSSR count). The fraction of sp³-hybridized carbons (Fsp3) is 0.348. The summed E-state index contributed by atoms with van der Waals surface area (Å²) < 4.78 is 2.36. The highest BCUT2D eigenvalue weighted by Crippen LogP contribution is 2.30. The Morgan fingerprint density at radius 1 is 1.26 bits per heavy atom. The molecule has 0 fully saturated rings. The average Bonchev–Trinajstić information content (AvgIpc) is 3.28. The molecule has 2 aromatic heterocycles. The minimum absolute atomic E-state index is 0.00168. The predicted octanol–water partition coefficient (Wildman–Crippen LogP) is 4.94. The lowest BCUT2D eigenvalue weighted by atomic mass is 9.89. The lowest BCUT2D eigenvalue weighted by Crippen LogP contribution is -2.25. The van der Waals surface area contributed by atoms with E-state index < -0.39 is 0 Å². The molecule has 2 heterocycles. The van der Waals surface area contributed by atoms with E-state index in [0.29, 0.717) is 6.54 Å². The zero-order chi connectivity index (χ0) is 18.8. The molecule has 4 heteroatoms. The summed E-state index contributed by atoms with van der Waals surface area (Å²) in [5, 5.41) is 5.09. The third-order valence-electron chi connectivity index (χ3n) is 5.44. The zero-order valence-electron chi connectivity index (χ0n) is 16.0. The van der Waals surface area contributed by atoms with Crippen LogP contribution in [0.1, 0.15) is 45.5 Å². The predicted molar refractivity (Wildman–Crippen MR) is 112 cm³/mol. The summed E-state index contributed by atoms with van der Waals surface area (Å²) in [6.07, 6.45) is 4.44. The van der Waals surface area contributed by atoms with Crippen LogP contribution in [0.4, 0.5) is 0 Å². The van der Waals surface area contributed by atoms with E-state index in [1.807, 2.05) is 18.2 Å². The lowest BCUT2D eigenvalue weighted by Gasteiger charge is -2.21. The molecule has 140 valence electrons. The largest absolute Gasteiger partial charge is 0.352 e. The second-order valence-electron chi connectivity index (χ2n) is 7.57. The molecule has 0 spiro atoms. The first-order chi connectivity index (χ1) is 13.1. The number of carbonyl (C=O) groups is 1. The van der Waals surface area contributed by atoms with Gasteiger partial charge in [0.25, 0.3) is 5.91 Å². The van der Waals surface area contributed by atoms with Crippen molar-refractivity contribution in [3.8, 4) is 5.69 Å². The second kappa shape index (κ2) is 7.73. The molecule has 0 saturated heterocycles. The number of fused-ring (bicyclic) bond motifs is 1. The fourth-order valence-electron chi connectivity index (χ4n) is 4.04. The maximum Gasteiger partial charge on any atom is 0.251 e. The van der Waals surface area contributed by atoms with Crippen LogP contribution in [-0.2, 0) is 19.3 Å². The van der Waals surface area contributed by atoms with Crippen LogP contribution in [-0.4, -0.2) is 17.0 Å². The van der Waals surface area contributed by atoms with Crippen molar-refractivity contribution in [3.63, 3.8) is 0 Å². The highest BCUT2D eigenvalue weighted by atomic mass is 32.1. The van der Waals surface area contributed by atoms with Gasteiger partial charge in [-0.1, -0.05) is 13.0 Å². The van der Waals surface area contributed by atoms with E-state index in [2.05, 4.69) is 53.4 Å². The molecule has 3 aromatic rings. The van der Waals surface area contributed by atoms with E-state index in [-0.39, 0.29) is 5.91 Å². The van der Waals surface area contributed by atoms with Crippen LogP contribution in [0.3, 0.4) is 0 Å². The van der Waals surface area contributed by atoms with Gasteiger partial charge in [-0.3, -0.25) is 4.79 Å². The smallest absolute Gasteiger partial charge is 0.251 e. The topological polar surface area (TPSA) is 34.0 Å². The molecule has 1 aliphatic carbocycles. The van der Waals surface area contributed by atoms with Crippen LogP contribution in [0.2, 0.25) is 0 Å². The van der Waals surface area contributed by atoms with Crippen molar-refractivity contribution >= 4 is 17.2 Å². The SMILES string of the molecule is Cc1cc2c(n1-c1ccc(C(=O)NCCc3cccs3)cc1)CCC(C)C2. The van der Waals surface area contributed by atoms with Crippen molar-refractivity contribution < 1.29 is 4.79 Å². The van der Waals surface area contributed by atoms with E-state index in [1.165, 1.54) is 34.7 Å². The number of hydrogen-bond acceptors (Lipinski definition) is 2. The van der Waals surface area contributed by atoms with Crippen molar-refractivity contribution in [1.29, 1.82) is 0 Å². The number of carbonyl (C=O) groups excluding carboxylic acids is 1. The zero-order valence-corrected chi connectivity index (χ0v) is 16.8. The van der Waals surface area contributed by atoms with Gasteiger partial charge in [-0.05, 0) is 85.9 Å². The number of aromatic nitrogens is 1. The van der Waals surface area contributed by atoms with Crippen LogP contribution in [0.5, 0.6) is 0 Å². The Balaban J connectivity index is 1.45. The van der Waals surface area contributed by atoms with Crippen LogP contribution < -0.4 is 5.32 Å². The number of nitrogens with zero attached hydrogens (tertiary/aromatic N) is 1. The Morgan fingerprint density at radius 3 is 2.81 bits per heavy atom. The molecular formula is C23H26N2OS. The van der Waals surface area contributed by atoms with Gasteiger partial charge in [0.2, 0.25) is 0 Å². The van der Waals surface area contributed by atoms with Gasteiger partial charge in [-0.15, -0.1) is 11.3 Å². The van der Waals surface area contributed by atoms with Gasteiger partial charge in [0.1, 0.15) is 0 Å². The van der Waals surface area contributed by atoms with Crippen LogP contribution in [0.25, 0.3) is 5.69 Å². The molecule has 1 amide bonds. The van der Waals surface area contributed by atoms with Gasteiger partial charge in [-0.2, -0.15) is 0 Å². The number of rotatable bonds is 5. The molecular weight excluding hydrogens is 352 g/mol. The number of amides is 1. The Bertz CT molecular complexity index is 922. The van der Waals surface area contributed by atoms with E-state index in [1.54, 1.807) is 11.3 Å². The quantitative estimate of drug-likeness (QED) is 0.670. The molecule has 1 aliphatic rings. The molecule has 1 unspecified atom stereocenters. The molecule has 3 nitrogen and oxygen atoms in total. The molecule has 0 aliphatic heterocycles. The fourth-order valence-corrected chi connectivity index (χ4v) is 4.75. The first kappa shape index (κ1) is 18.1. The van der Waals surface area contributed by atoms with Crippen molar-refractivity contribution in [2.75, 3.05) is 6.54 Å². The summed E-state index contributed by atoms with van der Waals surface area (Å²) in [7, 11) is 0. The second-order valence-corrected chi connectivity index (χ2v) is 8.61. The van der Waals surface area contributed by atoms with Gasteiger partial charge in [-0.25, -0.2) is 0 Å². The number of benzene rings is 1. The third kappa shape index (κ3) is 3.86. The normalized spacial score (nSPS) is 16.1. The van der Waals surface area contributed by atoms with Crippen molar-refractivity contribution in [3.05, 3.63) is 75.2 Å². The molecule has 1 N–H and O–H groups in total. The van der Waals surface area contributed by atoms with Crippen molar-refractivity contribution in [2.45, 2.75) is 39.5 Å². The number of aryl methyl sites for hydroxylation is 1. The maximum atomic E-state index is 12.4. The summed E-state index contributed by atoms with van der Waals surface area (Å²) in [5.41, 5.74) is 6.08. The Hall–Kier alpha value is -2.33. The standard InChI is InChI=1S/C23H26N2OS/c1-16-5-10-22-19(14-16)15-17(2)25(22)20-8-6-18(7-9-20)23(26)24-12-11-21-4-3-13-27-21/h3-4,6-9,13,15-16H,5,10-12,14H2,1-2H3,(H,24,26). The van der Waals surface area contributed by atoms with Crippen molar-refractivity contribution in [2.24, 2.45) is 5.92 Å². The summed E-state index contributed by atoms with van der Waals surface area (Å²) in [4.78, 5) is 13.7. The van der Waals surface area contributed by atoms with Crippen LogP contribution in [0.15, 0.2) is 47.8 Å². The van der Waals surface area contributed by atoms with E-state index in [9.17, 15) is 4.79 Å². The van der Waals surface area contributed by atoms with E-state index in [0.717, 1.165) is 30.0 Å². The van der Waals surface area contributed by atoms with E-state index >= 15 is 0 Å². The summed E-state index contributed by atoms with van der Waals surface area (Å²) in [6.45, 7) is 5.18. The van der Waals surface area contributed by atoms with Crippen LogP contribution >= 0.6 is 11.3 Å². The van der Waals surface area contributed by atoms with Gasteiger partial charge >= 0.3 is 0 Å². The first-order valence-electron chi connectivity index (χ1n) is 9.73. The molecule has 27 heavy (non-hydrogen) atoms. The van der Waals surface area contributed by atoms with Gasteiger partial charge in [0, 0.05) is 34.1 Å². The first-order valence-corrected chi connectivity index (χ1v) is 10.6. The van der Waals surface area contributed by atoms with Crippen LogP contribution in [0, 0.1) is 12.8 Å². The van der Waals surface area contributed by atoms with Gasteiger partial charge < -0.3 is 9.88 Å². The van der Waals surface area contributed by atoms with Crippen molar-refractivity contribution in [1.82, 2.24) is 9.88 Å². The molecule has 0 radical (unpaired) electrons. The lowest BCUT2D eigenvalue weighted by molar-refractivity contribution is 0.0954. The Morgan fingerprint density at radius 2 is 2.07 bits per heavy atom. The number of thiophene rings is 1. The van der Waals surface area contributed by atoms with E-state index in [4.69, 9.17) is 0 Å². The third-order valence-corrected chi connectivity index (χ3v) is 6.38. The summed E-state index contributed by atoms with van der Waals surface area (Å²) >= 11 is 1.73. The van der Waals surface area contributed by atoms with Gasteiger partial charge in [0.15, 0.2) is 0 Å². The number of hydrogen-bond donors (Lipinski definition) is 1. The maximum absolute atomic E-state index is 12.4.